The Kier molecular flexibility index (Phi) is 3.62. The number of benzene rings is 2. The molecule has 2 N–H and O–H groups in total. The lowest BCUT2D eigenvalue weighted by Gasteiger charge is -2.09. The quantitative estimate of drug-likeness (QED) is 0.943. The van der Waals surface area contributed by atoms with E-state index in [1.165, 1.54) is 12.1 Å². The Hall–Kier alpha value is -1.88. The summed E-state index contributed by atoms with van der Waals surface area (Å²) in [6.45, 7) is 0. The minimum Gasteiger partial charge on any atom is -0.456 e. The van der Waals surface area contributed by atoms with Gasteiger partial charge in [-0.05, 0) is 36.4 Å². The molecular weight excluding hydrogens is 301 g/mol. The lowest BCUT2D eigenvalue weighted by atomic mass is 10.2. The van der Waals surface area contributed by atoms with Gasteiger partial charge in [0, 0.05) is 4.47 Å². The third-order valence-electron chi connectivity index (χ3n) is 2.26. The van der Waals surface area contributed by atoms with E-state index >= 15 is 0 Å². The van der Waals surface area contributed by atoms with Crippen molar-refractivity contribution in [3.8, 4) is 11.5 Å². The predicted octanol–water partition coefficient (Wildman–Crippen LogP) is 3.48. The molecular formula is C13H9BrFNO2. The summed E-state index contributed by atoms with van der Waals surface area (Å²) in [4.78, 5) is 11.2. The number of nitrogens with two attached hydrogens (primary N) is 1. The van der Waals surface area contributed by atoms with E-state index in [0.29, 0.717) is 5.75 Å². The Balaban J connectivity index is 2.37. The minimum absolute atomic E-state index is 0.102. The van der Waals surface area contributed by atoms with Gasteiger partial charge < -0.3 is 10.5 Å². The van der Waals surface area contributed by atoms with Crippen molar-refractivity contribution in [1.82, 2.24) is 0 Å². The van der Waals surface area contributed by atoms with Crippen LogP contribution in [0.25, 0.3) is 0 Å². The van der Waals surface area contributed by atoms with Crippen LogP contribution in [0.5, 0.6) is 11.5 Å². The molecule has 0 heterocycles. The normalized spacial score (nSPS) is 10.1. The zero-order valence-corrected chi connectivity index (χ0v) is 10.8. The zero-order chi connectivity index (χ0) is 13.1. The molecule has 1 amide bonds. The summed E-state index contributed by atoms with van der Waals surface area (Å²) in [5.74, 6) is -0.964. The number of carbonyl (C=O) groups is 1. The molecule has 2 aromatic carbocycles. The van der Waals surface area contributed by atoms with Crippen LogP contribution in [0.4, 0.5) is 4.39 Å². The second kappa shape index (κ2) is 5.18. The molecule has 18 heavy (non-hydrogen) atoms. The van der Waals surface area contributed by atoms with Gasteiger partial charge in [0.15, 0.2) is 0 Å². The van der Waals surface area contributed by atoms with Crippen molar-refractivity contribution in [2.24, 2.45) is 5.73 Å². The van der Waals surface area contributed by atoms with Crippen LogP contribution in [-0.4, -0.2) is 5.91 Å². The highest BCUT2D eigenvalue weighted by Crippen LogP contribution is 2.27. The largest absolute Gasteiger partial charge is 0.456 e. The van der Waals surface area contributed by atoms with E-state index in [-0.39, 0.29) is 11.3 Å². The first-order valence-electron chi connectivity index (χ1n) is 5.09. The van der Waals surface area contributed by atoms with Gasteiger partial charge in [-0.1, -0.05) is 22.0 Å². The van der Waals surface area contributed by atoms with Gasteiger partial charge >= 0.3 is 0 Å². The number of halogens is 2. The van der Waals surface area contributed by atoms with E-state index < -0.39 is 11.7 Å². The molecule has 0 atom stereocenters. The molecule has 3 nitrogen and oxygen atoms in total. The Morgan fingerprint density at radius 3 is 2.44 bits per heavy atom. The van der Waals surface area contributed by atoms with Crippen LogP contribution >= 0.6 is 15.9 Å². The van der Waals surface area contributed by atoms with Crippen LogP contribution in [-0.2, 0) is 0 Å². The third kappa shape index (κ3) is 2.68. The highest BCUT2D eigenvalue weighted by Gasteiger charge is 2.15. The molecule has 0 aromatic heterocycles. The highest BCUT2D eigenvalue weighted by molar-refractivity contribution is 9.10. The topological polar surface area (TPSA) is 52.3 Å². The summed E-state index contributed by atoms with van der Waals surface area (Å²) in [6.07, 6.45) is 0. The van der Waals surface area contributed by atoms with Gasteiger partial charge in [0.1, 0.15) is 22.9 Å². The molecule has 0 saturated heterocycles. The van der Waals surface area contributed by atoms with E-state index in [9.17, 15) is 9.18 Å². The minimum atomic E-state index is -0.861. The molecule has 92 valence electrons. The molecule has 2 aromatic rings. The van der Waals surface area contributed by atoms with Crippen molar-refractivity contribution in [3.63, 3.8) is 0 Å². The zero-order valence-electron chi connectivity index (χ0n) is 9.19. The number of primary amides is 1. The Bertz CT molecular complexity index is 584. The number of hydrogen-bond donors (Lipinski definition) is 1. The van der Waals surface area contributed by atoms with E-state index in [1.54, 1.807) is 24.3 Å². The summed E-state index contributed by atoms with van der Waals surface area (Å²) in [6, 6.07) is 11.0. The van der Waals surface area contributed by atoms with E-state index in [0.717, 1.165) is 10.5 Å². The predicted molar refractivity (Wildman–Crippen MR) is 69.1 cm³/mol. The van der Waals surface area contributed by atoms with Crippen LogP contribution < -0.4 is 10.5 Å². The first-order valence-corrected chi connectivity index (χ1v) is 5.89. The molecule has 0 aliphatic carbocycles. The van der Waals surface area contributed by atoms with Crippen LogP contribution in [0.15, 0.2) is 46.9 Å². The number of ether oxygens (including phenoxy) is 1. The van der Waals surface area contributed by atoms with Crippen molar-refractivity contribution < 1.29 is 13.9 Å². The van der Waals surface area contributed by atoms with Crippen LogP contribution in [0, 0.1) is 5.82 Å². The molecule has 0 bridgehead atoms. The second-order valence-electron chi connectivity index (χ2n) is 3.53. The smallest absolute Gasteiger partial charge is 0.255 e. The Morgan fingerprint density at radius 1 is 1.17 bits per heavy atom. The Labute approximate surface area is 112 Å². The van der Waals surface area contributed by atoms with Crippen molar-refractivity contribution in [2.45, 2.75) is 0 Å². The van der Waals surface area contributed by atoms with Gasteiger partial charge in [0.2, 0.25) is 0 Å². The molecule has 5 heteroatoms. The summed E-state index contributed by atoms with van der Waals surface area (Å²) >= 11 is 3.29. The molecule has 0 spiro atoms. The lowest BCUT2D eigenvalue weighted by molar-refractivity contribution is 0.0994. The van der Waals surface area contributed by atoms with Gasteiger partial charge in [-0.25, -0.2) is 4.39 Å². The number of carbonyl (C=O) groups excluding carboxylic acids is 1. The van der Waals surface area contributed by atoms with Gasteiger partial charge in [-0.3, -0.25) is 4.79 Å². The van der Waals surface area contributed by atoms with Crippen molar-refractivity contribution >= 4 is 21.8 Å². The lowest BCUT2D eigenvalue weighted by Crippen LogP contribution is -2.14. The van der Waals surface area contributed by atoms with Gasteiger partial charge in [-0.15, -0.1) is 0 Å². The van der Waals surface area contributed by atoms with Crippen molar-refractivity contribution in [3.05, 3.63) is 58.3 Å². The molecule has 0 fully saturated rings. The monoisotopic (exact) mass is 309 g/mol. The molecule has 0 aliphatic heterocycles. The van der Waals surface area contributed by atoms with Crippen LogP contribution in [0.1, 0.15) is 10.4 Å². The number of hydrogen-bond acceptors (Lipinski definition) is 2. The summed E-state index contributed by atoms with van der Waals surface area (Å²) in [5.41, 5.74) is 4.88. The summed E-state index contributed by atoms with van der Waals surface area (Å²) in [7, 11) is 0. The maximum absolute atomic E-state index is 13.5. The van der Waals surface area contributed by atoms with E-state index in [4.69, 9.17) is 10.5 Å². The standard InChI is InChI=1S/C13H9BrFNO2/c14-8-4-6-9(7-5-8)18-11-3-1-2-10(15)12(11)13(16)17/h1-7H,(H2,16,17). The SMILES string of the molecule is NC(=O)c1c(F)cccc1Oc1ccc(Br)cc1. The molecule has 0 radical (unpaired) electrons. The first kappa shape index (κ1) is 12.6. The van der Waals surface area contributed by atoms with Crippen LogP contribution in [0.2, 0.25) is 0 Å². The third-order valence-corrected chi connectivity index (χ3v) is 2.79. The number of amides is 1. The van der Waals surface area contributed by atoms with E-state index in [1.807, 2.05) is 0 Å². The molecule has 0 saturated carbocycles. The second-order valence-corrected chi connectivity index (χ2v) is 4.45. The van der Waals surface area contributed by atoms with Gasteiger partial charge in [-0.2, -0.15) is 0 Å². The van der Waals surface area contributed by atoms with Crippen molar-refractivity contribution in [1.29, 1.82) is 0 Å². The fourth-order valence-electron chi connectivity index (χ4n) is 1.46. The maximum Gasteiger partial charge on any atom is 0.255 e. The Morgan fingerprint density at radius 2 is 1.83 bits per heavy atom. The first-order chi connectivity index (χ1) is 8.58. The fourth-order valence-corrected chi connectivity index (χ4v) is 1.72. The summed E-state index contributed by atoms with van der Waals surface area (Å²) in [5, 5.41) is 0. The average molecular weight is 310 g/mol. The molecule has 0 unspecified atom stereocenters. The van der Waals surface area contributed by atoms with Crippen molar-refractivity contribution in [2.75, 3.05) is 0 Å². The van der Waals surface area contributed by atoms with E-state index in [2.05, 4.69) is 15.9 Å². The van der Waals surface area contributed by atoms with Crippen LogP contribution in [0.3, 0.4) is 0 Å². The summed E-state index contributed by atoms with van der Waals surface area (Å²) < 4.78 is 19.8. The molecule has 0 aliphatic rings. The number of rotatable bonds is 3. The molecule has 2 rings (SSSR count). The average Bonchev–Trinajstić information content (AvgIpc) is 2.32. The van der Waals surface area contributed by atoms with Gasteiger partial charge in [0.25, 0.3) is 5.91 Å². The maximum atomic E-state index is 13.5. The fraction of sp³-hybridized carbons (Fsp3) is 0. The highest BCUT2D eigenvalue weighted by atomic mass is 79.9. The van der Waals surface area contributed by atoms with Gasteiger partial charge in [0.05, 0.1) is 0 Å².